The van der Waals surface area contributed by atoms with Crippen molar-refractivity contribution in [2.75, 3.05) is 19.8 Å². The first-order chi connectivity index (χ1) is 7.40. The minimum Gasteiger partial charge on any atom is -0.381 e. The molecule has 0 spiro atoms. The third kappa shape index (κ3) is 2.76. The van der Waals surface area contributed by atoms with Crippen LogP contribution in [0.2, 0.25) is 0 Å². The van der Waals surface area contributed by atoms with Gasteiger partial charge < -0.3 is 10.1 Å². The summed E-state index contributed by atoms with van der Waals surface area (Å²) < 4.78 is 7.34. The summed E-state index contributed by atoms with van der Waals surface area (Å²) in [6.45, 7) is 6.53. The lowest BCUT2D eigenvalue weighted by atomic mass is 10.1. The van der Waals surface area contributed by atoms with Gasteiger partial charge in [-0.15, -0.1) is 0 Å². The molecule has 0 amide bonds. The number of nitrogens with zero attached hydrogens (tertiary/aromatic N) is 3. The molecule has 15 heavy (non-hydrogen) atoms. The van der Waals surface area contributed by atoms with Crippen LogP contribution in [-0.2, 0) is 17.8 Å². The molecule has 1 aromatic heterocycles. The third-order valence-corrected chi connectivity index (χ3v) is 2.68. The smallest absolute Gasteiger partial charge is 0.140 e. The fourth-order valence-electron chi connectivity index (χ4n) is 1.79. The molecule has 1 aliphatic heterocycles. The van der Waals surface area contributed by atoms with E-state index in [1.165, 1.54) is 0 Å². The maximum Gasteiger partial charge on any atom is 0.140 e. The first kappa shape index (κ1) is 10.6. The van der Waals surface area contributed by atoms with E-state index in [4.69, 9.17) is 4.74 Å². The van der Waals surface area contributed by atoms with Gasteiger partial charge in [0.1, 0.15) is 12.2 Å². The van der Waals surface area contributed by atoms with Crippen molar-refractivity contribution in [1.82, 2.24) is 20.1 Å². The highest BCUT2D eigenvalue weighted by Crippen LogP contribution is 2.14. The lowest BCUT2D eigenvalue weighted by Gasteiger charge is -2.10. The number of aromatic nitrogens is 3. The lowest BCUT2D eigenvalue weighted by Crippen LogP contribution is -2.20. The Hall–Kier alpha value is -0.940. The van der Waals surface area contributed by atoms with E-state index in [-0.39, 0.29) is 0 Å². The molecule has 1 unspecified atom stereocenters. The monoisotopic (exact) mass is 210 g/mol. The molecule has 1 fully saturated rings. The van der Waals surface area contributed by atoms with Crippen molar-refractivity contribution in [1.29, 1.82) is 0 Å². The quantitative estimate of drug-likeness (QED) is 0.765. The van der Waals surface area contributed by atoms with Crippen molar-refractivity contribution >= 4 is 0 Å². The summed E-state index contributed by atoms with van der Waals surface area (Å²) in [4.78, 5) is 4.24. The number of hydrogen-bond donors (Lipinski definition) is 1. The van der Waals surface area contributed by atoms with Gasteiger partial charge in [0.05, 0.1) is 13.2 Å². The highest BCUT2D eigenvalue weighted by molar-refractivity contribution is 4.84. The molecule has 5 heteroatoms. The van der Waals surface area contributed by atoms with Crippen LogP contribution in [0.25, 0.3) is 0 Å². The Balaban J connectivity index is 1.91. The van der Waals surface area contributed by atoms with Crippen molar-refractivity contribution < 1.29 is 4.74 Å². The second-order valence-electron chi connectivity index (χ2n) is 3.87. The summed E-state index contributed by atoms with van der Waals surface area (Å²) in [6.07, 6.45) is 2.77. The van der Waals surface area contributed by atoms with Crippen LogP contribution >= 0.6 is 0 Å². The molecule has 0 aliphatic carbocycles. The topological polar surface area (TPSA) is 52.0 Å². The first-order valence-corrected chi connectivity index (χ1v) is 5.55. The van der Waals surface area contributed by atoms with E-state index < -0.39 is 0 Å². The molecule has 0 bridgehead atoms. The second kappa shape index (κ2) is 5.23. The molecule has 0 radical (unpaired) electrons. The van der Waals surface area contributed by atoms with Gasteiger partial charge in [-0.25, -0.2) is 9.67 Å². The number of rotatable bonds is 5. The molecule has 1 saturated heterocycles. The maximum atomic E-state index is 5.35. The van der Waals surface area contributed by atoms with Crippen LogP contribution in [0, 0.1) is 5.92 Å². The number of hydrogen-bond acceptors (Lipinski definition) is 4. The molecular weight excluding hydrogens is 192 g/mol. The normalized spacial score (nSPS) is 21.0. The second-order valence-corrected chi connectivity index (χ2v) is 3.87. The molecule has 1 atom stereocenters. The Kier molecular flexibility index (Phi) is 3.69. The maximum absolute atomic E-state index is 5.35. The molecule has 84 valence electrons. The van der Waals surface area contributed by atoms with E-state index in [1.54, 1.807) is 6.33 Å². The van der Waals surface area contributed by atoms with Crippen LogP contribution in [0.3, 0.4) is 0 Å². The van der Waals surface area contributed by atoms with Gasteiger partial charge in [-0.05, 0) is 13.0 Å². The van der Waals surface area contributed by atoms with E-state index in [9.17, 15) is 0 Å². The van der Waals surface area contributed by atoms with Gasteiger partial charge in [-0.2, -0.15) is 5.10 Å². The van der Waals surface area contributed by atoms with Crippen molar-refractivity contribution in [2.24, 2.45) is 5.92 Å². The van der Waals surface area contributed by atoms with E-state index in [0.29, 0.717) is 5.92 Å². The average Bonchev–Trinajstić information content (AvgIpc) is 2.87. The molecule has 2 rings (SSSR count). The van der Waals surface area contributed by atoms with Gasteiger partial charge in [0.25, 0.3) is 0 Å². The van der Waals surface area contributed by atoms with Gasteiger partial charge in [-0.3, -0.25) is 0 Å². The molecule has 5 nitrogen and oxygen atoms in total. The molecule has 2 heterocycles. The summed E-state index contributed by atoms with van der Waals surface area (Å²) in [5, 5.41) is 7.50. The fraction of sp³-hybridized carbons (Fsp3) is 0.800. The van der Waals surface area contributed by atoms with Crippen molar-refractivity contribution in [2.45, 2.75) is 26.4 Å². The lowest BCUT2D eigenvalue weighted by molar-refractivity contribution is 0.181. The van der Waals surface area contributed by atoms with Gasteiger partial charge in [0.2, 0.25) is 0 Å². The molecule has 1 aliphatic rings. The van der Waals surface area contributed by atoms with Crippen LogP contribution in [0.15, 0.2) is 6.33 Å². The Bertz CT molecular complexity index is 293. The zero-order chi connectivity index (χ0) is 10.5. The summed E-state index contributed by atoms with van der Waals surface area (Å²) in [6, 6.07) is 0. The Labute approximate surface area is 89.8 Å². The largest absolute Gasteiger partial charge is 0.381 e. The van der Waals surface area contributed by atoms with Crippen molar-refractivity contribution in [3.05, 3.63) is 12.2 Å². The summed E-state index contributed by atoms with van der Waals surface area (Å²) in [5.74, 6) is 1.62. The van der Waals surface area contributed by atoms with Crippen LogP contribution < -0.4 is 5.32 Å². The van der Waals surface area contributed by atoms with Crippen LogP contribution in [0.1, 0.15) is 19.2 Å². The summed E-state index contributed by atoms with van der Waals surface area (Å²) in [5.41, 5.74) is 0. The van der Waals surface area contributed by atoms with Crippen LogP contribution in [-0.4, -0.2) is 34.5 Å². The molecule has 0 saturated carbocycles. The van der Waals surface area contributed by atoms with E-state index >= 15 is 0 Å². The van der Waals surface area contributed by atoms with Gasteiger partial charge >= 0.3 is 0 Å². The van der Waals surface area contributed by atoms with Gasteiger partial charge in [0.15, 0.2) is 0 Å². The molecule has 0 aromatic carbocycles. The Morgan fingerprint density at radius 2 is 2.60 bits per heavy atom. The number of nitrogens with one attached hydrogen (secondary N) is 1. The van der Waals surface area contributed by atoms with Crippen molar-refractivity contribution in [3.63, 3.8) is 0 Å². The Morgan fingerprint density at radius 3 is 3.33 bits per heavy atom. The van der Waals surface area contributed by atoms with Gasteiger partial charge in [0, 0.05) is 19.1 Å². The summed E-state index contributed by atoms with van der Waals surface area (Å²) in [7, 11) is 0. The highest BCUT2D eigenvalue weighted by Gasteiger charge is 2.17. The molecule has 1 aromatic rings. The van der Waals surface area contributed by atoms with E-state index in [2.05, 4.69) is 22.3 Å². The van der Waals surface area contributed by atoms with Crippen LogP contribution in [0.5, 0.6) is 0 Å². The standard InChI is InChI=1S/C10H18N4O/c1-2-11-5-10-12-8-13-14(10)6-9-3-4-15-7-9/h8-9,11H,2-7H2,1H3. The first-order valence-electron chi connectivity index (χ1n) is 5.55. The van der Waals surface area contributed by atoms with E-state index in [0.717, 1.165) is 45.1 Å². The minimum atomic E-state index is 0.604. The third-order valence-electron chi connectivity index (χ3n) is 2.68. The van der Waals surface area contributed by atoms with Crippen molar-refractivity contribution in [3.8, 4) is 0 Å². The van der Waals surface area contributed by atoms with Gasteiger partial charge in [-0.1, -0.05) is 6.92 Å². The fourth-order valence-corrected chi connectivity index (χ4v) is 1.79. The Morgan fingerprint density at radius 1 is 1.67 bits per heavy atom. The number of ether oxygens (including phenoxy) is 1. The zero-order valence-corrected chi connectivity index (χ0v) is 9.15. The molecule has 1 N–H and O–H groups in total. The SMILES string of the molecule is CCNCc1ncnn1CC1CCOC1. The predicted octanol–water partition coefficient (Wildman–Crippen LogP) is 0.424. The van der Waals surface area contributed by atoms with E-state index in [1.807, 2.05) is 4.68 Å². The summed E-state index contributed by atoms with van der Waals surface area (Å²) >= 11 is 0. The zero-order valence-electron chi connectivity index (χ0n) is 9.15. The average molecular weight is 210 g/mol. The molecular formula is C10H18N4O. The van der Waals surface area contributed by atoms with Crippen LogP contribution in [0.4, 0.5) is 0 Å². The predicted molar refractivity (Wildman–Crippen MR) is 56.3 cm³/mol. The highest BCUT2D eigenvalue weighted by atomic mass is 16.5. The minimum absolute atomic E-state index is 0.604.